The predicted octanol–water partition coefficient (Wildman–Crippen LogP) is 3.80. The summed E-state index contributed by atoms with van der Waals surface area (Å²) in [6.45, 7) is 0. The van der Waals surface area contributed by atoms with Crippen molar-refractivity contribution in [1.82, 2.24) is 0 Å². The molecule has 0 bridgehead atoms. The molecule has 4 heteroatoms. The van der Waals surface area contributed by atoms with Crippen molar-refractivity contribution < 1.29 is 9.59 Å². The first-order chi connectivity index (χ1) is 10.1. The maximum Gasteiger partial charge on any atom is 0.224 e. The summed E-state index contributed by atoms with van der Waals surface area (Å²) in [7, 11) is 0. The van der Waals surface area contributed by atoms with Gasteiger partial charge in [0.25, 0.3) is 0 Å². The summed E-state index contributed by atoms with van der Waals surface area (Å²) in [6.07, 6.45) is 2.18. The fourth-order valence-corrected chi connectivity index (χ4v) is 2.84. The summed E-state index contributed by atoms with van der Waals surface area (Å²) in [5.41, 5.74) is 3.23. The predicted molar refractivity (Wildman–Crippen MR) is 90.6 cm³/mol. The van der Waals surface area contributed by atoms with E-state index in [4.69, 9.17) is 0 Å². The second kappa shape index (κ2) is 5.97. The van der Waals surface area contributed by atoms with Crippen LogP contribution in [0.1, 0.15) is 34.3 Å². The van der Waals surface area contributed by atoms with Gasteiger partial charge in [0.2, 0.25) is 5.91 Å². The molecular formula is C17H14INO2. The van der Waals surface area contributed by atoms with Crippen LogP contribution in [-0.2, 0) is 11.2 Å². The maximum atomic E-state index is 12.5. The van der Waals surface area contributed by atoms with E-state index < -0.39 is 0 Å². The van der Waals surface area contributed by atoms with E-state index in [1.807, 2.05) is 36.4 Å². The normalized spacial score (nSPS) is 14.0. The minimum Gasteiger partial charge on any atom is -0.326 e. The van der Waals surface area contributed by atoms with Crippen LogP contribution in [0.3, 0.4) is 0 Å². The van der Waals surface area contributed by atoms with Crippen LogP contribution >= 0.6 is 22.6 Å². The number of nitrogens with one attached hydrogen (secondary N) is 1. The Hall–Kier alpha value is -1.69. The van der Waals surface area contributed by atoms with Gasteiger partial charge >= 0.3 is 0 Å². The third-order valence-corrected chi connectivity index (χ3v) is 4.32. The monoisotopic (exact) mass is 391 g/mol. The van der Waals surface area contributed by atoms with E-state index in [0.29, 0.717) is 17.5 Å². The number of halogens is 1. The van der Waals surface area contributed by atoms with Gasteiger partial charge in [0.1, 0.15) is 0 Å². The molecule has 3 nitrogen and oxygen atoms in total. The lowest BCUT2D eigenvalue weighted by atomic mass is 9.98. The summed E-state index contributed by atoms with van der Waals surface area (Å²) >= 11 is 2.22. The molecule has 1 aliphatic rings. The Morgan fingerprint density at radius 2 is 1.71 bits per heavy atom. The number of carbonyl (C=O) groups excluding carboxylic acids is 2. The molecule has 0 atom stereocenters. The Balaban J connectivity index is 1.93. The number of fused-ring (bicyclic) bond motifs is 1. The van der Waals surface area contributed by atoms with Crippen LogP contribution in [0, 0.1) is 3.57 Å². The highest BCUT2D eigenvalue weighted by atomic mass is 127. The molecule has 106 valence electrons. The molecule has 2 aromatic carbocycles. The van der Waals surface area contributed by atoms with Gasteiger partial charge in [0.15, 0.2) is 5.78 Å². The van der Waals surface area contributed by atoms with E-state index in [2.05, 4.69) is 27.9 Å². The topological polar surface area (TPSA) is 46.2 Å². The highest BCUT2D eigenvalue weighted by molar-refractivity contribution is 14.1. The number of rotatable bonds is 2. The zero-order valence-corrected chi connectivity index (χ0v) is 13.5. The largest absolute Gasteiger partial charge is 0.326 e. The van der Waals surface area contributed by atoms with Gasteiger partial charge in [-0.25, -0.2) is 0 Å². The molecule has 0 aliphatic carbocycles. The lowest BCUT2D eigenvalue weighted by molar-refractivity contribution is -0.116. The molecule has 0 saturated heterocycles. The zero-order chi connectivity index (χ0) is 14.8. The number of ketones is 1. The van der Waals surface area contributed by atoms with Crippen LogP contribution in [0.25, 0.3) is 0 Å². The molecule has 21 heavy (non-hydrogen) atoms. The highest BCUT2D eigenvalue weighted by Crippen LogP contribution is 2.24. The lowest BCUT2D eigenvalue weighted by Gasteiger charge is -2.09. The molecular weight excluding hydrogens is 377 g/mol. The molecule has 0 unspecified atom stereocenters. The van der Waals surface area contributed by atoms with Crippen molar-refractivity contribution in [2.75, 3.05) is 5.32 Å². The molecule has 1 amide bonds. The van der Waals surface area contributed by atoms with Gasteiger partial charge in [0.05, 0.1) is 0 Å². The van der Waals surface area contributed by atoms with Gasteiger partial charge in [-0.15, -0.1) is 0 Å². The minimum absolute atomic E-state index is 0.0183. The van der Waals surface area contributed by atoms with Crippen LogP contribution in [0.15, 0.2) is 42.5 Å². The van der Waals surface area contributed by atoms with Crippen molar-refractivity contribution >= 4 is 40.0 Å². The van der Waals surface area contributed by atoms with E-state index in [9.17, 15) is 9.59 Å². The van der Waals surface area contributed by atoms with Crippen LogP contribution in [-0.4, -0.2) is 11.7 Å². The van der Waals surface area contributed by atoms with Gasteiger partial charge in [-0.2, -0.15) is 0 Å². The van der Waals surface area contributed by atoms with Crippen molar-refractivity contribution in [3.8, 4) is 0 Å². The summed E-state index contributed by atoms with van der Waals surface area (Å²) in [5, 5.41) is 2.88. The third-order valence-electron chi connectivity index (χ3n) is 3.60. The number of amides is 1. The van der Waals surface area contributed by atoms with Gasteiger partial charge < -0.3 is 5.32 Å². The van der Waals surface area contributed by atoms with Crippen molar-refractivity contribution in [2.45, 2.75) is 19.3 Å². The van der Waals surface area contributed by atoms with E-state index in [1.54, 1.807) is 6.07 Å². The zero-order valence-electron chi connectivity index (χ0n) is 11.4. The molecule has 0 fully saturated rings. The van der Waals surface area contributed by atoms with Crippen LogP contribution < -0.4 is 5.32 Å². The van der Waals surface area contributed by atoms with Crippen LogP contribution in [0.2, 0.25) is 0 Å². The van der Waals surface area contributed by atoms with Gasteiger partial charge in [0, 0.05) is 26.8 Å². The number of carbonyl (C=O) groups is 2. The summed E-state index contributed by atoms with van der Waals surface area (Å²) in [4.78, 5) is 24.0. The average Bonchev–Trinajstić information content (AvgIpc) is 2.67. The molecule has 1 aliphatic heterocycles. The van der Waals surface area contributed by atoms with Crippen LogP contribution in [0.4, 0.5) is 5.69 Å². The molecule has 1 N–H and O–H groups in total. The second-order valence-electron chi connectivity index (χ2n) is 5.11. The SMILES string of the molecule is O=C1CCCc2cc(C(=O)c3ccc(I)cc3)ccc2N1. The van der Waals surface area contributed by atoms with Crippen LogP contribution in [0.5, 0.6) is 0 Å². The summed E-state index contributed by atoms with van der Waals surface area (Å²) in [6, 6.07) is 13.1. The Kier molecular flexibility index (Phi) is 4.05. The number of benzene rings is 2. The Morgan fingerprint density at radius 3 is 2.48 bits per heavy atom. The average molecular weight is 391 g/mol. The van der Waals surface area contributed by atoms with E-state index in [-0.39, 0.29) is 11.7 Å². The molecule has 3 rings (SSSR count). The number of hydrogen-bond donors (Lipinski definition) is 1. The van der Waals surface area contributed by atoms with Gasteiger partial charge in [-0.05, 0) is 83.5 Å². The van der Waals surface area contributed by atoms with Crippen molar-refractivity contribution in [1.29, 1.82) is 0 Å². The third kappa shape index (κ3) is 3.15. The first-order valence-corrected chi connectivity index (χ1v) is 7.94. The molecule has 0 aromatic heterocycles. The fourth-order valence-electron chi connectivity index (χ4n) is 2.48. The summed E-state index contributed by atoms with van der Waals surface area (Å²) in [5.74, 6) is 0.0650. The number of aryl methyl sites for hydroxylation is 1. The highest BCUT2D eigenvalue weighted by Gasteiger charge is 2.16. The number of hydrogen-bond acceptors (Lipinski definition) is 2. The molecule has 0 saturated carbocycles. The van der Waals surface area contributed by atoms with Crippen molar-refractivity contribution in [3.05, 3.63) is 62.7 Å². The summed E-state index contributed by atoms with van der Waals surface area (Å²) < 4.78 is 1.11. The number of anilines is 1. The van der Waals surface area contributed by atoms with Gasteiger partial charge in [-0.3, -0.25) is 9.59 Å². The Morgan fingerprint density at radius 1 is 1.00 bits per heavy atom. The maximum absolute atomic E-state index is 12.5. The smallest absolute Gasteiger partial charge is 0.224 e. The van der Waals surface area contributed by atoms with E-state index >= 15 is 0 Å². The van der Waals surface area contributed by atoms with Crippen molar-refractivity contribution in [2.24, 2.45) is 0 Å². The quantitative estimate of drug-likeness (QED) is 0.626. The fraction of sp³-hybridized carbons (Fsp3) is 0.176. The van der Waals surface area contributed by atoms with E-state index in [1.165, 1.54) is 0 Å². The minimum atomic E-state index is 0.0183. The Bertz CT molecular complexity index is 707. The van der Waals surface area contributed by atoms with E-state index in [0.717, 1.165) is 27.7 Å². The second-order valence-corrected chi connectivity index (χ2v) is 6.36. The molecule has 1 heterocycles. The standard InChI is InChI=1S/C17H14INO2/c18-14-7-4-11(5-8-14)17(21)13-6-9-15-12(10-13)2-1-3-16(20)19-15/h4-10H,1-3H2,(H,19,20). The lowest BCUT2D eigenvalue weighted by Crippen LogP contribution is -2.09. The van der Waals surface area contributed by atoms with Gasteiger partial charge in [-0.1, -0.05) is 0 Å². The first kappa shape index (κ1) is 14.3. The Labute approximate surface area is 136 Å². The molecule has 0 radical (unpaired) electrons. The first-order valence-electron chi connectivity index (χ1n) is 6.86. The van der Waals surface area contributed by atoms with Crippen molar-refractivity contribution in [3.63, 3.8) is 0 Å². The molecule has 2 aromatic rings. The molecule has 0 spiro atoms.